The predicted molar refractivity (Wildman–Crippen MR) is 96.8 cm³/mol. The van der Waals surface area contributed by atoms with Crippen LogP contribution in [0.3, 0.4) is 0 Å². The Hall–Kier alpha value is -2.99. The Bertz CT molecular complexity index is 932. The van der Waals surface area contributed by atoms with Gasteiger partial charge in [0.15, 0.2) is 0 Å². The molecule has 0 unspecified atom stereocenters. The van der Waals surface area contributed by atoms with Gasteiger partial charge in [0.05, 0.1) is 12.7 Å². The summed E-state index contributed by atoms with van der Waals surface area (Å²) in [6, 6.07) is 13.3. The topological polar surface area (TPSA) is 77.2 Å². The van der Waals surface area contributed by atoms with Crippen molar-refractivity contribution in [2.45, 2.75) is 12.8 Å². The number of carbonyl (C=O) groups excluding carboxylic acids is 1. The van der Waals surface area contributed by atoms with E-state index in [9.17, 15) is 4.79 Å². The number of esters is 1. The second-order valence-electron chi connectivity index (χ2n) is 6.23. The van der Waals surface area contributed by atoms with Crippen molar-refractivity contribution in [3.05, 3.63) is 59.2 Å². The highest BCUT2D eigenvalue weighted by atomic mass is 16.5. The fraction of sp³-hybridized carbons (Fsp3) is 0.250. The third-order valence-corrected chi connectivity index (χ3v) is 4.59. The van der Waals surface area contributed by atoms with Crippen LogP contribution in [0.2, 0.25) is 0 Å². The lowest BCUT2D eigenvalue weighted by atomic mass is 10.00. The molecule has 132 valence electrons. The molecule has 6 nitrogen and oxygen atoms in total. The molecule has 0 radical (unpaired) electrons. The molecule has 0 saturated heterocycles. The van der Waals surface area contributed by atoms with Crippen LogP contribution in [-0.4, -0.2) is 36.3 Å². The number of nitrogens with one attached hydrogen (secondary N) is 1. The lowest BCUT2D eigenvalue weighted by Gasteiger charge is -2.05. The van der Waals surface area contributed by atoms with Gasteiger partial charge < -0.3 is 14.6 Å². The molecule has 4 rings (SSSR count). The number of methoxy groups -OCH3 is 1. The van der Waals surface area contributed by atoms with Gasteiger partial charge >= 0.3 is 5.97 Å². The van der Waals surface area contributed by atoms with E-state index >= 15 is 0 Å². The van der Waals surface area contributed by atoms with E-state index in [0.717, 1.165) is 37.1 Å². The van der Waals surface area contributed by atoms with E-state index in [1.54, 1.807) is 24.3 Å². The van der Waals surface area contributed by atoms with Crippen LogP contribution in [0.15, 0.2) is 47.0 Å². The van der Waals surface area contributed by atoms with E-state index < -0.39 is 0 Å². The molecule has 1 aliphatic heterocycles. The predicted octanol–water partition coefficient (Wildman–Crippen LogP) is 2.88. The summed E-state index contributed by atoms with van der Waals surface area (Å²) in [5.74, 6) is 0.620. The van der Waals surface area contributed by atoms with E-state index in [1.165, 1.54) is 18.2 Å². The molecular weight excluding hydrogens is 330 g/mol. The molecule has 0 fully saturated rings. The highest BCUT2D eigenvalue weighted by molar-refractivity contribution is 5.89. The minimum absolute atomic E-state index is 0.371. The van der Waals surface area contributed by atoms with Gasteiger partial charge in [0, 0.05) is 11.1 Å². The van der Waals surface area contributed by atoms with Crippen molar-refractivity contribution in [3.8, 4) is 22.8 Å². The fourth-order valence-corrected chi connectivity index (χ4v) is 3.14. The van der Waals surface area contributed by atoms with Gasteiger partial charge in [-0.2, -0.15) is 4.98 Å². The maximum atomic E-state index is 11.5. The van der Waals surface area contributed by atoms with Crippen molar-refractivity contribution in [2.75, 3.05) is 20.2 Å². The van der Waals surface area contributed by atoms with Gasteiger partial charge in [0.2, 0.25) is 5.82 Å². The minimum Gasteiger partial charge on any atom is -0.465 e. The van der Waals surface area contributed by atoms with Crippen molar-refractivity contribution in [3.63, 3.8) is 0 Å². The minimum atomic E-state index is -0.371. The van der Waals surface area contributed by atoms with E-state index in [4.69, 9.17) is 9.26 Å². The van der Waals surface area contributed by atoms with Crippen LogP contribution in [0.1, 0.15) is 21.5 Å². The lowest BCUT2D eigenvalue weighted by molar-refractivity contribution is 0.0601. The average molecular weight is 349 g/mol. The SMILES string of the molecule is COC(=O)c1ccc(-c2noc(-c3ccc4c(c3)CCNCC4)n2)cc1. The van der Waals surface area contributed by atoms with Crippen molar-refractivity contribution >= 4 is 5.97 Å². The lowest BCUT2D eigenvalue weighted by Crippen LogP contribution is -2.16. The molecule has 0 spiro atoms. The second kappa shape index (κ2) is 7.09. The molecule has 0 bridgehead atoms. The highest BCUT2D eigenvalue weighted by Crippen LogP contribution is 2.25. The summed E-state index contributed by atoms with van der Waals surface area (Å²) >= 11 is 0. The zero-order chi connectivity index (χ0) is 17.9. The molecule has 1 aromatic heterocycles. The molecule has 0 aliphatic carbocycles. The van der Waals surface area contributed by atoms with Crippen molar-refractivity contribution in [1.82, 2.24) is 15.5 Å². The first kappa shape index (κ1) is 16.5. The van der Waals surface area contributed by atoms with Gasteiger partial charge in [0.25, 0.3) is 5.89 Å². The number of ether oxygens (including phenoxy) is 1. The Labute approximate surface area is 151 Å². The number of nitrogens with zero attached hydrogens (tertiary/aromatic N) is 2. The molecule has 2 heterocycles. The first-order chi connectivity index (χ1) is 12.7. The average Bonchev–Trinajstić information content (AvgIpc) is 3.06. The third kappa shape index (κ3) is 3.23. The van der Waals surface area contributed by atoms with Crippen LogP contribution in [-0.2, 0) is 17.6 Å². The second-order valence-corrected chi connectivity index (χ2v) is 6.23. The summed E-state index contributed by atoms with van der Waals surface area (Å²) in [5, 5.41) is 7.48. The molecule has 0 saturated carbocycles. The van der Waals surface area contributed by atoms with E-state index in [1.807, 2.05) is 6.07 Å². The molecule has 3 aromatic rings. The molecule has 1 N–H and O–H groups in total. The van der Waals surface area contributed by atoms with Crippen molar-refractivity contribution < 1.29 is 14.1 Å². The summed E-state index contributed by atoms with van der Waals surface area (Å²) in [6.45, 7) is 2.00. The van der Waals surface area contributed by atoms with Crippen LogP contribution >= 0.6 is 0 Å². The molecule has 1 aliphatic rings. The summed E-state index contributed by atoms with van der Waals surface area (Å²) in [5.41, 5.74) is 4.90. The standard InChI is InChI=1S/C20H19N3O3/c1-25-20(24)15-5-3-14(4-6-15)18-22-19(26-23-18)17-7-2-13-8-10-21-11-9-16(13)12-17/h2-7,12,21H,8-11H2,1H3. The molecular formula is C20H19N3O3. The first-order valence-electron chi connectivity index (χ1n) is 8.60. The maximum Gasteiger partial charge on any atom is 0.337 e. The zero-order valence-corrected chi connectivity index (χ0v) is 14.5. The maximum absolute atomic E-state index is 11.5. The number of hydrogen-bond donors (Lipinski definition) is 1. The number of rotatable bonds is 3. The van der Waals surface area contributed by atoms with Gasteiger partial charge in [-0.05, 0) is 61.3 Å². The van der Waals surface area contributed by atoms with E-state index in [2.05, 4.69) is 27.6 Å². The first-order valence-corrected chi connectivity index (χ1v) is 8.60. The highest BCUT2D eigenvalue weighted by Gasteiger charge is 2.14. The quantitative estimate of drug-likeness (QED) is 0.733. The van der Waals surface area contributed by atoms with Crippen LogP contribution in [0, 0.1) is 0 Å². The van der Waals surface area contributed by atoms with Gasteiger partial charge in [-0.1, -0.05) is 23.4 Å². The van der Waals surface area contributed by atoms with E-state index in [0.29, 0.717) is 17.3 Å². The van der Waals surface area contributed by atoms with Crippen LogP contribution in [0.4, 0.5) is 0 Å². The number of aromatic nitrogens is 2. The number of benzene rings is 2. The molecule has 2 aromatic carbocycles. The number of hydrogen-bond acceptors (Lipinski definition) is 6. The van der Waals surface area contributed by atoms with Gasteiger partial charge in [-0.3, -0.25) is 0 Å². The largest absolute Gasteiger partial charge is 0.465 e. The molecule has 0 amide bonds. The van der Waals surface area contributed by atoms with Crippen molar-refractivity contribution in [2.24, 2.45) is 0 Å². The third-order valence-electron chi connectivity index (χ3n) is 4.59. The Morgan fingerprint density at radius 2 is 1.77 bits per heavy atom. The Balaban J connectivity index is 1.60. The number of fused-ring (bicyclic) bond motifs is 1. The number of carbonyl (C=O) groups is 1. The van der Waals surface area contributed by atoms with Crippen molar-refractivity contribution in [1.29, 1.82) is 0 Å². The Morgan fingerprint density at radius 3 is 2.54 bits per heavy atom. The smallest absolute Gasteiger partial charge is 0.337 e. The molecule has 6 heteroatoms. The fourth-order valence-electron chi connectivity index (χ4n) is 3.14. The monoisotopic (exact) mass is 349 g/mol. The summed E-state index contributed by atoms with van der Waals surface area (Å²) in [4.78, 5) is 16.0. The van der Waals surface area contributed by atoms with Crippen LogP contribution in [0.25, 0.3) is 22.8 Å². The normalized spacial score (nSPS) is 13.7. The van der Waals surface area contributed by atoms with Gasteiger partial charge in [0.1, 0.15) is 0 Å². The molecule has 0 atom stereocenters. The van der Waals surface area contributed by atoms with E-state index in [-0.39, 0.29) is 5.97 Å². The van der Waals surface area contributed by atoms with Crippen LogP contribution in [0.5, 0.6) is 0 Å². The Morgan fingerprint density at radius 1 is 1.04 bits per heavy atom. The molecule has 26 heavy (non-hydrogen) atoms. The summed E-state index contributed by atoms with van der Waals surface area (Å²) in [6.07, 6.45) is 2.04. The van der Waals surface area contributed by atoms with Crippen LogP contribution < -0.4 is 5.32 Å². The Kier molecular flexibility index (Phi) is 4.50. The summed E-state index contributed by atoms with van der Waals surface area (Å²) < 4.78 is 10.2. The zero-order valence-electron chi connectivity index (χ0n) is 14.5. The van der Waals surface area contributed by atoms with Gasteiger partial charge in [-0.25, -0.2) is 4.79 Å². The van der Waals surface area contributed by atoms with Gasteiger partial charge in [-0.15, -0.1) is 0 Å². The summed E-state index contributed by atoms with van der Waals surface area (Å²) in [7, 11) is 1.36.